The molecule has 2 aromatic rings. The highest BCUT2D eigenvalue weighted by molar-refractivity contribution is 5.91. The lowest BCUT2D eigenvalue weighted by atomic mass is 10.2. The van der Waals surface area contributed by atoms with Gasteiger partial charge in [-0.1, -0.05) is 23.4 Å². The predicted molar refractivity (Wildman–Crippen MR) is 92.8 cm³/mol. The van der Waals surface area contributed by atoms with Gasteiger partial charge in [-0.2, -0.15) is 0 Å². The highest BCUT2D eigenvalue weighted by atomic mass is 16.6. The van der Waals surface area contributed by atoms with Crippen molar-refractivity contribution in [1.82, 2.24) is 0 Å². The quantitative estimate of drug-likeness (QED) is 0.597. The first-order chi connectivity index (χ1) is 11.7. The van der Waals surface area contributed by atoms with E-state index in [1.165, 1.54) is 6.21 Å². The molecule has 6 heteroatoms. The van der Waals surface area contributed by atoms with E-state index in [9.17, 15) is 4.79 Å². The summed E-state index contributed by atoms with van der Waals surface area (Å²) in [6.07, 6.45) is 1.51. The first-order valence-electron chi connectivity index (χ1n) is 7.54. The second kappa shape index (κ2) is 9.19. The Morgan fingerprint density at radius 2 is 1.96 bits per heavy atom. The third-order valence-electron chi connectivity index (χ3n) is 3.02. The number of oxime groups is 1. The summed E-state index contributed by atoms with van der Waals surface area (Å²) in [6, 6.07) is 14.6. The van der Waals surface area contributed by atoms with Gasteiger partial charge in [-0.3, -0.25) is 4.79 Å². The Balaban J connectivity index is 1.84. The molecule has 0 radical (unpaired) electrons. The highest BCUT2D eigenvalue weighted by Gasteiger charge is 2.04. The molecule has 1 amide bonds. The van der Waals surface area contributed by atoms with Gasteiger partial charge >= 0.3 is 0 Å². The number of anilines is 1. The molecule has 6 nitrogen and oxygen atoms in total. The molecule has 0 aliphatic heterocycles. The van der Waals surface area contributed by atoms with Gasteiger partial charge in [0.2, 0.25) is 0 Å². The summed E-state index contributed by atoms with van der Waals surface area (Å²) in [5.41, 5.74) is 1.49. The molecule has 126 valence electrons. The molecular formula is C18H20N2O4. The fourth-order valence-electron chi connectivity index (χ4n) is 1.95. The molecule has 0 unspecified atom stereocenters. The summed E-state index contributed by atoms with van der Waals surface area (Å²) in [4.78, 5) is 16.7. The van der Waals surface area contributed by atoms with E-state index in [1.54, 1.807) is 31.4 Å². The molecule has 0 saturated heterocycles. The molecule has 0 atom stereocenters. The fourth-order valence-corrected chi connectivity index (χ4v) is 1.95. The molecule has 0 aliphatic carbocycles. The van der Waals surface area contributed by atoms with Gasteiger partial charge in [-0.15, -0.1) is 0 Å². The van der Waals surface area contributed by atoms with Crippen LogP contribution < -0.4 is 14.8 Å². The van der Waals surface area contributed by atoms with Crippen LogP contribution in [0.4, 0.5) is 5.69 Å². The lowest BCUT2D eigenvalue weighted by molar-refractivity contribution is -0.120. The summed E-state index contributed by atoms with van der Waals surface area (Å²) in [7, 11) is 1.57. The van der Waals surface area contributed by atoms with E-state index in [0.717, 1.165) is 5.56 Å². The van der Waals surface area contributed by atoms with Crippen LogP contribution in [0.25, 0.3) is 0 Å². The molecule has 1 N–H and O–H groups in total. The van der Waals surface area contributed by atoms with Crippen molar-refractivity contribution < 1.29 is 19.1 Å². The zero-order chi connectivity index (χ0) is 17.2. The second-order valence-corrected chi connectivity index (χ2v) is 4.77. The molecular weight excluding hydrogens is 308 g/mol. The Labute approximate surface area is 141 Å². The third kappa shape index (κ3) is 5.31. The minimum absolute atomic E-state index is 0.167. The number of rotatable bonds is 8. The van der Waals surface area contributed by atoms with Gasteiger partial charge < -0.3 is 19.6 Å². The van der Waals surface area contributed by atoms with Gasteiger partial charge in [0.15, 0.2) is 18.1 Å². The lowest BCUT2D eigenvalue weighted by Crippen LogP contribution is -2.16. The average molecular weight is 328 g/mol. The second-order valence-electron chi connectivity index (χ2n) is 4.77. The van der Waals surface area contributed by atoms with E-state index in [1.807, 2.05) is 31.2 Å². The van der Waals surface area contributed by atoms with Gasteiger partial charge in [0.1, 0.15) is 0 Å². The van der Waals surface area contributed by atoms with Crippen LogP contribution in [0.1, 0.15) is 12.5 Å². The Hall–Kier alpha value is -3.02. The number of amides is 1. The Kier molecular flexibility index (Phi) is 6.64. The molecule has 0 heterocycles. The number of hydrogen-bond donors (Lipinski definition) is 1. The van der Waals surface area contributed by atoms with E-state index < -0.39 is 0 Å². The summed E-state index contributed by atoms with van der Waals surface area (Å²) in [5.74, 6) is 1.01. The normalized spacial score (nSPS) is 10.4. The summed E-state index contributed by atoms with van der Waals surface area (Å²) < 4.78 is 10.7. The van der Waals surface area contributed by atoms with Crippen LogP contribution in [0.2, 0.25) is 0 Å². The number of carbonyl (C=O) groups is 1. The van der Waals surface area contributed by atoms with Crippen molar-refractivity contribution in [3.63, 3.8) is 0 Å². The zero-order valence-corrected chi connectivity index (χ0v) is 13.7. The SMILES string of the molecule is CCOc1ccc(/C=N\OCC(=O)Nc2ccccc2)cc1OC. The number of carbonyl (C=O) groups excluding carboxylic acids is 1. The maximum Gasteiger partial charge on any atom is 0.265 e. The van der Waals surface area contributed by atoms with Crippen molar-refractivity contribution in [3.8, 4) is 11.5 Å². The van der Waals surface area contributed by atoms with Gasteiger partial charge in [-0.05, 0) is 37.3 Å². The molecule has 0 spiro atoms. The molecule has 24 heavy (non-hydrogen) atoms. The van der Waals surface area contributed by atoms with Crippen LogP contribution in [0.3, 0.4) is 0 Å². The first-order valence-corrected chi connectivity index (χ1v) is 7.54. The van der Waals surface area contributed by atoms with E-state index in [2.05, 4.69) is 10.5 Å². The van der Waals surface area contributed by atoms with E-state index in [0.29, 0.717) is 23.8 Å². The highest BCUT2D eigenvalue weighted by Crippen LogP contribution is 2.27. The molecule has 0 aromatic heterocycles. The number of benzene rings is 2. The van der Waals surface area contributed by atoms with Crippen LogP contribution in [-0.2, 0) is 9.63 Å². The number of nitrogens with zero attached hydrogens (tertiary/aromatic N) is 1. The van der Waals surface area contributed by atoms with Crippen molar-refractivity contribution in [2.24, 2.45) is 5.16 Å². The number of methoxy groups -OCH3 is 1. The van der Waals surface area contributed by atoms with Crippen molar-refractivity contribution in [1.29, 1.82) is 0 Å². The maximum absolute atomic E-state index is 11.7. The van der Waals surface area contributed by atoms with Crippen LogP contribution in [0.15, 0.2) is 53.7 Å². The van der Waals surface area contributed by atoms with Crippen molar-refractivity contribution in [2.75, 3.05) is 25.6 Å². The van der Waals surface area contributed by atoms with Gasteiger partial charge in [-0.25, -0.2) is 0 Å². The minimum Gasteiger partial charge on any atom is -0.493 e. The van der Waals surface area contributed by atoms with Crippen molar-refractivity contribution >= 4 is 17.8 Å². The minimum atomic E-state index is -0.275. The summed E-state index contributed by atoms with van der Waals surface area (Å²) >= 11 is 0. The number of ether oxygens (including phenoxy) is 2. The Morgan fingerprint density at radius 3 is 2.67 bits per heavy atom. The molecule has 2 rings (SSSR count). The molecule has 0 saturated carbocycles. The largest absolute Gasteiger partial charge is 0.493 e. The monoisotopic (exact) mass is 328 g/mol. The van der Waals surface area contributed by atoms with Crippen molar-refractivity contribution in [2.45, 2.75) is 6.92 Å². The smallest absolute Gasteiger partial charge is 0.265 e. The predicted octanol–water partition coefficient (Wildman–Crippen LogP) is 3.08. The van der Waals surface area contributed by atoms with E-state index >= 15 is 0 Å². The van der Waals surface area contributed by atoms with Crippen LogP contribution >= 0.6 is 0 Å². The maximum atomic E-state index is 11.7. The van der Waals surface area contributed by atoms with Crippen LogP contribution in [0, 0.1) is 0 Å². The number of para-hydroxylation sites is 1. The summed E-state index contributed by atoms with van der Waals surface area (Å²) in [5, 5.41) is 6.50. The topological polar surface area (TPSA) is 69.2 Å². The van der Waals surface area contributed by atoms with Gasteiger partial charge in [0.25, 0.3) is 5.91 Å². The van der Waals surface area contributed by atoms with Gasteiger partial charge in [0.05, 0.1) is 19.9 Å². The van der Waals surface area contributed by atoms with Gasteiger partial charge in [0, 0.05) is 11.3 Å². The van der Waals surface area contributed by atoms with Crippen molar-refractivity contribution in [3.05, 3.63) is 54.1 Å². The van der Waals surface area contributed by atoms with E-state index in [-0.39, 0.29) is 12.5 Å². The Morgan fingerprint density at radius 1 is 1.17 bits per heavy atom. The molecule has 0 bridgehead atoms. The number of hydrogen-bond acceptors (Lipinski definition) is 5. The van der Waals surface area contributed by atoms with Crippen LogP contribution in [0.5, 0.6) is 11.5 Å². The average Bonchev–Trinajstić information content (AvgIpc) is 2.61. The third-order valence-corrected chi connectivity index (χ3v) is 3.02. The molecule has 0 fully saturated rings. The molecule has 2 aromatic carbocycles. The summed E-state index contributed by atoms with van der Waals surface area (Å²) in [6.45, 7) is 2.30. The lowest BCUT2D eigenvalue weighted by Gasteiger charge is -2.09. The fraction of sp³-hybridized carbons (Fsp3) is 0.222. The Bertz CT molecular complexity index is 687. The molecule has 0 aliphatic rings. The van der Waals surface area contributed by atoms with E-state index in [4.69, 9.17) is 14.3 Å². The first kappa shape index (κ1) is 17.3. The van der Waals surface area contributed by atoms with Crippen LogP contribution in [-0.4, -0.2) is 32.4 Å². The number of nitrogens with one attached hydrogen (secondary N) is 1. The standard InChI is InChI=1S/C18H20N2O4/c1-3-23-16-10-9-14(11-17(16)22-2)12-19-24-13-18(21)20-15-7-5-4-6-8-15/h4-12H,3,13H2,1-2H3,(H,20,21)/b19-12-. The zero-order valence-electron chi connectivity index (χ0n) is 13.7.